The summed E-state index contributed by atoms with van der Waals surface area (Å²) >= 11 is 0. The number of carbonyl (C=O) groups excluding carboxylic acids is 2. The summed E-state index contributed by atoms with van der Waals surface area (Å²) in [6, 6.07) is 16.5. The Morgan fingerprint density at radius 2 is 1.69 bits per heavy atom. The van der Waals surface area contributed by atoms with Gasteiger partial charge in [-0.2, -0.15) is 5.10 Å². The smallest absolute Gasteiger partial charge is 0.252 e. The molecule has 2 aromatic heterocycles. The predicted molar refractivity (Wildman–Crippen MR) is 188 cm³/mol. The Morgan fingerprint density at radius 3 is 2.47 bits per heavy atom. The number of benzene rings is 2. The molecule has 2 aromatic carbocycles. The Morgan fingerprint density at radius 1 is 0.898 bits per heavy atom. The van der Waals surface area contributed by atoms with Crippen LogP contribution in [0.5, 0.6) is 5.75 Å². The van der Waals surface area contributed by atoms with Crippen molar-refractivity contribution in [2.24, 2.45) is 0 Å². The maximum Gasteiger partial charge on any atom is 0.252 e. The SMILES string of the molecule is C[C@@]1(N2CCc3c(C4CCC(N5CCC(n6cc(-c7cc(-c8ccccc8O)nnc7N)cn6)CC5)CC4)cccc32)CCC(=O)NC1=O. The highest BCUT2D eigenvalue weighted by Crippen LogP contribution is 2.44. The van der Waals surface area contributed by atoms with Crippen LogP contribution >= 0.6 is 0 Å². The lowest BCUT2D eigenvalue weighted by atomic mass is 9.79. The first kappa shape index (κ1) is 31.5. The molecule has 0 bridgehead atoms. The Hall–Kier alpha value is -4.77. The molecule has 3 aliphatic heterocycles. The molecule has 8 rings (SSSR count). The lowest BCUT2D eigenvalue weighted by Gasteiger charge is -2.42. The summed E-state index contributed by atoms with van der Waals surface area (Å²) in [5, 5.41) is 26.0. The lowest BCUT2D eigenvalue weighted by Crippen LogP contribution is -2.61. The third kappa shape index (κ3) is 5.73. The van der Waals surface area contributed by atoms with Gasteiger partial charge in [-0.25, -0.2) is 0 Å². The third-order valence-corrected chi connectivity index (χ3v) is 11.7. The molecule has 2 amide bonds. The van der Waals surface area contributed by atoms with Crippen LogP contribution in [0.4, 0.5) is 11.5 Å². The minimum atomic E-state index is -0.681. The highest BCUT2D eigenvalue weighted by molar-refractivity contribution is 6.04. The van der Waals surface area contributed by atoms with Crippen LogP contribution < -0.4 is 16.0 Å². The fraction of sp³-hybridized carbons (Fsp3) is 0.447. The largest absolute Gasteiger partial charge is 0.507 e. The highest BCUT2D eigenvalue weighted by Gasteiger charge is 2.46. The van der Waals surface area contributed by atoms with E-state index < -0.39 is 5.54 Å². The summed E-state index contributed by atoms with van der Waals surface area (Å²) in [7, 11) is 0. The Labute approximate surface area is 286 Å². The second-order valence-electron chi connectivity index (χ2n) is 14.4. The van der Waals surface area contributed by atoms with E-state index in [1.807, 2.05) is 31.3 Å². The molecule has 11 nitrogen and oxygen atoms in total. The van der Waals surface area contributed by atoms with Crippen LogP contribution in [-0.2, 0) is 16.0 Å². The molecule has 1 aliphatic carbocycles. The second kappa shape index (κ2) is 12.6. The normalized spacial score (nSPS) is 25.0. The molecule has 2 saturated heterocycles. The number of piperidine rings is 2. The first-order valence-electron chi connectivity index (χ1n) is 17.7. The van der Waals surface area contributed by atoms with Gasteiger partial charge in [0, 0.05) is 60.7 Å². The summed E-state index contributed by atoms with van der Waals surface area (Å²) in [5.74, 6) is 0.694. The number of carbonyl (C=O) groups is 2. The number of hydrogen-bond acceptors (Lipinski definition) is 9. The molecule has 254 valence electrons. The van der Waals surface area contributed by atoms with Crippen LogP contribution in [0.15, 0.2) is 60.9 Å². The maximum atomic E-state index is 12.9. The summed E-state index contributed by atoms with van der Waals surface area (Å²) < 4.78 is 2.08. The summed E-state index contributed by atoms with van der Waals surface area (Å²) in [6.07, 6.45) is 12.7. The summed E-state index contributed by atoms with van der Waals surface area (Å²) in [5.41, 5.74) is 12.4. The van der Waals surface area contributed by atoms with E-state index in [1.54, 1.807) is 12.1 Å². The molecule has 49 heavy (non-hydrogen) atoms. The van der Waals surface area contributed by atoms with Gasteiger partial charge in [-0.3, -0.25) is 19.6 Å². The standard InChI is InChI=1S/C38H44N8O3/c1-38(17-13-35(48)41-37(38)49)45-20-16-29-28(6-4-7-33(29)45)24-9-11-26(12-10-24)44-18-14-27(15-19-44)46-23-25(22-40-46)31-21-32(42-43-36(31)39)30-5-2-3-8-34(30)47/h2-8,21-24,26-27,47H,9-20H2,1H3,(H2,39,43)(H,41,48,49)/t24?,26?,38-/m1/s1. The Kier molecular flexibility index (Phi) is 8.10. The van der Waals surface area contributed by atoms with E-state index in [2.05, 4.69) is 54.4 Å². The van der Waals surface area contributed by atoms with E-state index in [0.29, 0.717) is 47.9 Å². The van der Waals surface area contributed by atoms with Gasteiger partial charge in [0.2, 0.25) is 5.91 Å². The average molecular weight is 661 g/mol. The van der Waals surface area contributed by atoms with Crippen molar-refractivity contribution < 1.29 is 14.7 Å². The minimum Gasteiger partial charge on any atom is -0.507 e. The van der Waals surface area contributed by atoms with Gasteiger partial charge >= 0.3 is 0 Å². The monoisotopic (exact) mass is 660 g/mol. The van der Waals surface area contributed by atoms with E-state index in [1.165, 1.54) is 42.5 Å². The van der Waals surface area contributed by atoms with Crippen molar-refractivity contribution in [2.75, 3.05) is 30.3 Å². The molecule has 1 atom stereocenters. The molecule has 0 spiro atoms. The van der Waals surface area contributed by atoms with E-state index in [0.717, 1.165) is 50.0 Å². The zero-order chi connectivity index (χ0) is 33.7. The van der Waals surface area contributed by atoms with E-state index in [-0.39, 0.29) is 17.6 Å². The van der Waals surface area contributed by atoms with Gasteiger partial charge in [-0.05, 0) is 99.6 Å². The van der Waals surface area contributed by atoms with Gasteiger partial charge in [0.05, 0.1) is 17.9 Å². The van der Waals surface area contributed by atoms with Gasteiger partial charge < -0.3 is 20.6 Å². The highest BCUT2D eigenvalue weighted by atomic mass is 16.3. The van der Waals surface area contributed by atoms with Gasteiger partial charge in [-0.1, -0.05) is 24.3 Å². The minimum absolute atomic E-state index is 0.153. The zero-order valence-corrected chi connectivity index (χ0v) is 28.0. The topological polar surface area (TPSA) is 142 Å². The van der Waals surface area contributed by atoms with E-state index >= 15 is 0 Å². The van der Waals surface area contributed by atoms with Crippen molar-refractivity contribution in [3.63, 3.8) is 0 Å². The average Bonchev–Trinajstić information content (AvgIpc) is 3.80. The number of phenols is 1. The number of nitrogens with two attached hydrogens (primary N) is 1. The number of para-hydroxylation sites is 1. The molecular formula is C38H44N8O3. The molecular weight excluding hydrogens is 616 g/mol. The van der Waals surface area contributed by atoms with E-state index in [9.17, 15) is 14.7 Å². The second-order valence-corrected chi connectivity index (χ2v) is 14.4. The van der Waals surface area contributed by atoms with Crippen LogP contribution in [0.25, 0.3) is 22.4 Å². The van der Waals surface area contributed by atoms with Gasteiger partial charge in [0.15, 0.2) is 5.82 Å². The van der Waals surface area contributed by atoms with Crippen LogP contribution in [0.1, 0.15) is 81.4 Å². The van der Waals surface area contributed by atoms with Crippen molar-refractivity contribution in [1.82, 2.24) is 30.2 Å². The van der Waals surface area contributed by atoms with Crippen molar-refractivity contribution >= 4 is 23.3 Å². The number of phenolic OH excluding ortho intramolecular Hbond substituents is 1. The van der Waals surface area contributed by atoms with Crippen molar-refractivity contribution in [2.45, 2.75) is 88.3 Å². The molecule has 11 heteroatoms. The molecule has 5 heterocycles. The third-order valence-electron chi connectivity index (χ3n) is 11.7. The number of fused-ring (bicyclic) bond motifs is 1. The van der Waals surface area contributed by atoms with Crippen LogP contribution in [-0.4, -0.2) is 73.0 Å². The number of hydrogen-bond donors (Lipinski definition) is 3. The molecule has 4 N–H and O–H groups in total. The molecule has 0 unspecified atom stereocenters. The van der Waals surface area contributed by atoms with E-state index in [4.69, 9.17) is 10.8 Å². The van der Waals surface area contributed by atoms with Crippen molar-refractivity contribution in [3.8, 4) is 28.1 Å². The number of anilines is 2. The first-order chi connectivity index (χ1) is 23.8. The lowest BCUT2D eigenvalue weighted by molar-refractivity contribution is -0.137. The Balaban J connectivity index is 0.883. The molecule has 1 saturated carbocycles. The zero-order valence-electron chi connectivity index (χ0n) is 28.0. The van der Waals surface area contributed by atoms with Gasteiger partial charge in [-0.15, -0.1) is 10.2 Å². The summed E-state index contributed by atoms with van der Waals surface area (Å²) in [4.78, 5) is 29.7. The predicted octanol–water partition coefficient (Wildman–Crippen LogP) is 5.22. The van der Waals surface area contributed by atoms with Crippen LogP contribution in [0.2, 0.25) is 0 Å². The Bertz CT molecular complexity index is 1890. The first-order valence-corrected chi connectivity index (χ1v) is 17.7. The van der Waals surface area contributed by atoms with Gasteiger partial charge in [0.25, 0.3) is 5.91 Å². The van der Waals surface area contributed by atoms with Crippen LogP contribution in [0, 0.1) is 0 Å². The maximum absolute atomic E-state index is 12.9. The fourth-order valence-corrected chi connectivity index (χ4v) is 8.81. The molecule has 0 radical (unpaired) electrons. The number of nitrogens with zero attached hydrogens (tertiary/aromatic N) is 6. The van der Waals surface area contributed by atoms with Crippen molar-refractivity contribution in [3.05, 3.63) is 72.1 Å². The summed E-state index contributed by atoms with van der Waals surface area (Å²) in [6.45, 7) is 4.92. The molecule has 4 aliphatic rings. The quantitative estimate of drug-likeness (QED) is 0.238. The number of rotatable bonds is 6. The number of nitrogen functional groups attached to an aromatic ring is 1. The number of aromatic nitrogens is 4. The van der Waals surface area contributed by atoms with Crippen molar-refractivity contribution in [1.29, 1.82) is 0 Å². The number of likely N-dealkylation sites (tertiary alicyclic amines) is 1. The number of nitrogens with one attached hydrogen (secondary N) is 1. The number of aromatic hydroxyl groups is 1. The number of imide groups is 1. The van der Waals surface area contributed by atoms with Crippen LogP contribution in [0.3, 0.4) is 0 Å². The molecule has 3 fully saturated rings. The number of amides is 2. The van der Waals surface area contributed by atoms with Gasteiger partial charge in [0.1, 0.15) is 11.3 Å². The molecule has 4 aromatic rings. The fourth-order valence-electron chi connectivity index (χ4n) is 8.81.